The molecule has 0 fully saturated rings. The van der Waals surface area contributed by atoms with Crippen molar-refractivity contribution in [3.05, 3.63) is 18.2 Å². The molecule has 0 spiro atoms. The van der Waals surface area contributed by atoms with Crippen LogP contribution in [0.15, 0.2) is 12.5 Å². The third-order valence-corrected chi connectivity index (χ3v) is 1.67. The first-order valence-electron chi connectivity index (χ1n) is 4.02. The minimum absolute atomic E-state index is 1.000. The molecule has 1 heterocycles. The molecule has 1 N–H and O–H groups in total. The molecule has 0 aromatic carbocycles. The van der Waals surface area contributed by atoms with E-state index in [0.29, 0.717) is 0 Å². The molecule has 0 unspecified atom stereocenters. The largest absolute Gasteiger partial charge is 0.336 e. The lowest BCUT2D eigenvalue weighted by Gasteiger charge is -1.98. The fraction of sp³-hybridized carbons (Fsp3) is 0.625. The van der Waals surface area contributed by atoms with E-state index in [1.807, 2.05) is 13.4 Å². The smallest absolute Gasteiger partial charge is 0.0949 e. The predicted octanol–water partition coefficient (Wildman–Crippen LogP) is 0.665. The van der Waals surface area contributed by atoms with Crippen molar-refractivity contribution in [3.63, 3.8) is 0 Å². The molecular formula is C8H15N3. The van der Waals surface area contributed by atoms with E-state index in [1.165, 1.54) is 5.69 Å². The molecule has 1 rings (SSSR count). The Morgan fingerprint density at radius 2 is 2.45 bits per heavy atom. The molecule has 0 bridgehead atoms. The zero-order chi connectivity index (χ0) is 8.10. The van der Waals surface area contributed by atoms with Gasteiger partial charge in [0.1, 0.15) is 0 Å². The highest BCUT2D eigenvalue weighted by Crippen LogP contribution is 1.95. The van der Waals surface area contributed by atoms with Crippen LogP contribution in [-0.2, 0) is 13.0 Å². The molecule has 0 atom stereocenters. The van der Waals surface area contributed by atoms with Crippen molar-refractivity contribution in [2.24, 2.45) is 0 Å². The van der Waals surface area contributed by atoms with Crippen LogP contribution >= 0.6 is 0 Å². The number of aromatic nitrogens is 2. The Kier molecular flexibility index (Phi) is 3.11. The third-order valence-electron chi connectivity index (χ3n) is 1.67. The molecule has 1 aromatic rings. The minimum atomic E-state index is 1.000. The summed E-state index contributed by atoms with van der Waals surface area (Å²) in [6.07, 6.45) is 5.00. The van der Waals surface area contributed by atoms with Crippen molar-refractivity contribution in [3.8, 4) is 0 Å². The van der Waals surface area contributed by atoms with E-state index in [0.717, 1.165) is 19.5 Å². The van der Waals surface area contributed by atoms with Gasteiger partial charge in [-0.25, -0.2) is 4.98 Å². The van der Waals surface area contributed by atoms with Crippen LogP contribution in [0, 0.1) is 0 Å². The summed E-state index contributed by atoms with van der Waals surface area (Å²) in [5, 5.41) is 3.09. The van der Waals surface area contributed by atoms with Crippen LogP contribution in [0.4, 0.5) is 0 Å². The maximum Gasteiger partial charge on any atom is 0.0949 e. The van der Waals surface area contributed by atoms with Gasteiger partial charge in [-0.15, -0.1) is 0 Å². The van der Waals surface area contributed by atoms with E-state index >= 15 is 0 Å². The topological polar surface area (TPSA) is 29.9 Å². The average molecular weight is 153 g/mol. The van der Waals surface area contributed by atoms with Crippen LogP contribution in [0.25, 0.3) is 0 Å². The maximum atomic E-state index is 4.22. The molecule has 3 nitrogen and oxygen atoms in total. The van der Waals surface area contributed by atoms with Crippen molar-refractivity contribution in [1.29, 1.82) is 0 Å². The zero-order valence-corrected chi connectivity index (χ0v) is 7.17. The van der Waals surface area contributed by atoms with Gasteiger partial charge in [-0.05, 0) is 13.5 Å². The van der Waals surface area contributed by atoms with Gasteiger partial charge in [-0.3, -0.25) is 0 Å². The van der Waals surface area contributed by atoms with Crippen LogP contribution in [0.2, 0.25) is 0 Å². The molecule has 0 saturated heterocycles. The molecular weight excluding hydrogens is 138 g/mol. The monoisotopic (exact) mass is 153 g/mol. The van der Waals surface area contributed by atoms with Gasteiger partial charge in [0.25, 0.3) is 0 Å². The standard InChI is InChI=1S/C8H15N3/c1-3-8-6-11(7-10-8)5-4-9-2/h6-7,9H,3-5H2,1-2H3. The molecule has 0 saturated carbocycles. The number of aryl methyl sites for hydroxylation is 1. The van der Waals surface area contributed by atoms with Crippen molar-refractivity contribution in [2.75, 3.05) is 13.6 Å². The van der Waals surface area contributed by atoms with Gasteiger partial charge in [0.15, 0.2) is 0 Å². The summed E-state index contributed by atoms with van der Waals surface area (Å²) >= 11 is 0. The fourth-order valence-corrected chi connectivity index (χ4v) is 0.952. The number of rotatable bonds is 4. The fourth-order valence-electron chi connectivity index (χ4n) is 0.952. The first-order valence-corrected chi connectivity index (χ1v) is 4.02. The maximum absolute atomic E-state index is 4.22. The Balaban J connectivity index is 2.44. The Hall–Kier alpha value is -0.830. The van der Waals surface area contributed by atoms with E-state index < -0.39 is 0 Å². The summed E-state index contributed by atoms with van der Waals surface area (Å²) in [5.74, 6) is 0. The highest BCUT2D eigenvalue weighted by Gasteiger charge is 1.93. The van der Waals surface area contributed by atoms with Gasteiger partial charge in [0.2, 0.25) is 0 Å². The molecule has 11 heavy (non-hydrogen) atoms. The van der Waals surface area contributed by atoms with Crippen LogP contribution < -0.4 is 5.32 Å². The first-order chi connectivity index (χ1) is 5.36. The minimum Gasteiger partial charge on any atom is -0.336 e. The molecule has 1 aromatic heterocycles. The third kappa shape index (κ3) is 2.35. The second-order valence-corrected chi connectivity index (χ2v) is 2.56. The number of likely N-dealkylation sites (N-methyl/N-ethyl adjacent to an activating group) is 1. The molecule has 0 aliphatic rings. The summed E-state index contributed by atoms with van der Waals surface area (Å²) in [7, 11) is 1.96. The molecule has 0 amide bonds. The van der Waals surface area contributed by atoms with E-state index in [-0.39, 0.29) is 0 Å². The molecule has 3 heteroatoms. The van der Waals surface area contributed by atoms with Crippen molar-refractivity contribution in [2.45, 2.75) is 19.9 Å². The quantitative estimate of drug-likeness (QED) is 0.689. The molecule has 62 valence electrons. The normalized spacial score (nSPS) is 10.4. The summed E-state index contributed by atoms with van der Waals surface area (Å²) in [6.45, 7) is 4.12. The SMILES string of the molecule is CCc1cn(CCNC)cn1. The Morgan fingerprint density at radius 3 is 3.00 bits per heavy atom. The highest BCUT2D eigenvalue weighted by atomic mass is 15.0. The van der Waals surface area contributed by atoms with Gasteiger partial charge >= 0.3 is 0 Å². The summed E-state index contributed by atoms with van der Waals surface area (Å²) < 4.78 is 2.11. The first kappa shape index (κ1) is 8.27. The van der Waals surface area contributed by atoms with Crippen LogP contribution in [0.1, 0.15) is 12.6 Å². The number of hydrogen-bond donors (Lipinski definition) is 1. The second kappa shape index (κ2) is 4.13. The van der Waals surface area contributed by atoms with E-state index in [4.69, 9.17) is 0 Å². The number of hydrogen-bond acceptors (Lipinski definition) is 2. The lowest BCUT2D eigenvalue weighted by molar-refractivity contribution is 0.644. The lowest BCUT2D eigenvalue weighted by atomic mass is 10.4. The van der Waals surface area contributed by atoms with E-state index in [1.54, 1.807) is 0 Å². The van der Waals surface area contributed by atoms with Crippen molar-refractivity contribution in [1.82, 2.24) is 14.9 Å². The highest BCUT2D eigenvalue weighted by molar-refractivity contribution is 4.95. The van der Waals surface area contributed by atoms with Gasteiger partial charge in [-0.2, -0.15) is 0 Å². The van der Waals surface area contributed by atoms with Crippen molar-refractivity contribution < 1.29 is 0 Å². The molecule has 0 radical (unpaired) electrons. The molecule has 0 aliphatic carbocycles. The van der Waals surface area contributed by atoms with Crippen LogP contribution in [0.3, 0.4) is 0 Å². The van der Waals surface area contributed by atoms with E-state index in [9.17, 15) is 0 Å². The average Bonchev–Trinajstić information content (AvgIpc) is 2.48. The summed E-state index contributed by atoms with van der Waals surface area (Å²) in [6, 6.07) is 0. The van der Waals surface area contributed by atoms with Crippen LogP contribution in [-0.4, -0.2) is 23.1 Å². The Labute approximate surface area is 67.4 Å². The molecule has 0 aliphatic heterocycles. The number of imidazole rings is 1. The van der Waals surface area contributed by atoms with E-state index in [2.05, 4.69) is 28.0 Å². The number of nitrogens with zero attached hydrogens (tertiary/aromatic N) is 2. The Bertz CT molecular complexity index is 205. The van der Waals surface area contributed by atoms with Crippen molar-refractivity contribution >= 4 is 0 Å². The second-order valence-electron chi connectivity index (χ2n) is 2.56. The van der Waals surface area contributed by atoms with Crippen LogP contribution in [0.5, 0.6) is 0 Å². The van der Waals surface area contributed by atoms with Gasteiger partial charge in [0.05, 0.1) is 12.0 Å². The lowest BCUT2D eigenvalue weighted by Crippen LogP contribution is -2.13. The van der Waals surface area contributed by atoms with Gasteiger partial charge in [0, 0.05) is 19.3 Å². The summed E-state index contributed by atoms with van der Waals surface area (Å²) in [5.41, 5.74) is 1.17. The zero-order valence-electron chi connectivity index (χ0n) is 7.17. The predicted molar refractivity (Wildman–Crippen MR) is 45.5 cm³/mol. The van der Waals surface area contributed by atoms with Gasteiger partial charge in [-0.1, -0.05) is 6.92 Å². The van der Waals surface area contributed by atoms with Gasteiger partial charge < -0.3 is 9.88 Å². The summed E-state index contributed by atoms with van der Waals surface area (Å²) in [4.78, 5) is 4.22. The Morgan fingerprint density at radius 1 is 1.64 bits per heavy atom. The number of nitrogens with one attached hydrogen (secondary N) is 1.